The second kappa shape index (κ2) is 15.4. The van der Waals surface area contributed by atoms with Crippen LogP contribution in [-0.4, -0.2) is 43.0 Å². The van der Waals surface area contributed by atoms with Gasteiger partial charge in [0, 0.05) is 22.9 Å². The van der Waals surface area contributed by atoms with E-state index in [0.717, 1.165) is 27.9 Å². The van der Waals surface area contributed by atoms with E-state index in [1.807, 2.05) is 30.3 Å². The van der Waals surface area contributed by atoms with Crippen molar-refractivity contribution in [2.24, 2.45) is 5.73 Å². The largest absolute Gasteiger partial charge is 0.457 e. The first kappa shape index (κ1) is 33.3. The van der Waals surface area contributed by atoms with Gasteiger partial charge in [-0.3, -0.25) is 9.36 Å². The highest BCUT2D eigenvalue weighted by molar-refractivity contribution is 14.0. The molecule has 0 atom stereocenters. The van der Waals surface area contributed by atoms with Crippen molar-refractivity contribution in [3.05, 3.63) is 108 Å². The monoisotopic (exact) mass is 726 g/mol. The third-order valence-corrected chi connectivity index (χ3v) is 6.61. The van der Waals surface area contributed by atoms with E-state index in [1.54, 1.807) is 40.0 Å². The van der Waals surface area contributed by atoms with Crippen LogP contribution in [0.2, 0.25) is 0 Å². The number of rotatable bonds is 9. The molecule has 4 aromatic carbocycles. The molecule has 232 valence electrons. The molecular formula is C32H29F2IN6O4. The summed E-state index contributed by atoms with van der Waals surface area (Å²) in [5.74, 6) is 1.16. The summed E-state index contributed by atoms with van der Waals surface area (Å²) in [5, 5.41) is 37.1. The zero-order valence-electron chi connectivity index (χ0n) is 23.8. The quantitative estimate of drug-likeness (QED) is 0.157. The number of nitriles is 1. The summed E-state index contributed by atoms with van der Waals surface area (Å²) in [4.78, 5) is 0. The van der Waals surface area contributed by atoms with Crippen molar-refractivity contribution in [1.82, 2.24) is 19.6 Å². The Morgan fingerprint density at radius 1 is 0.733 bits per heavy atom. The molecule has 2 aromatic heterocycles. The van der Waals surface area contributed by atoms with Gasteiger partial charge in [0.1, 0.15) is 40.7 Å². The molecule has 0 unspecified atom stereocenters. The van der Waals surface area contributed by atoms with Crippen LogP contribution in [0.5, 0.6) is 23.0 Å². The van der Waals surface area contributed by atoms with Crippen LogP contribution in [0.1, 0.15) is 11.1 Å². The number of nitrogens with two attached hydrogens (primary N) is 1. The Hall–Kier alpha value is -4.62. The van der Waals surface area contributed by atoms with E-state index < -0.39 is 5.82 Å². The van der Waals surface area contributed by atoms with Crippen molar-refractivity contribution >= 4 is 45.8 Å². The maximum absolute atomic E-state index is 13.2. The van der Waals surface area contributed by atoms with E-state index in [0.29, 0.717) is 41.7 Å². The van der Waals surface area contributed by atoms with Crippen molar-refractivity contribution < 1.29 is 28.5 Å². The smallest absolute Gasteiger partial charge is 0.145 e. The lowest BCUT2D eigenvalue weighted by atomic mass is 10.2. The summed E-state index contributed by atoms with van der Waals surface area (Å²) in [6, 6.07) is 20.8. The molecule has 0 aliphatic rings. The zero-order chi connectivity index (χ0) is 31.1. The van der Waals surface area contributed by atoms with Gasteiger partial charge >= 0.3 is 0 Å². The molecule has 0 radical (unpaired) electrons. The Labute approximate surface area is 273 Å². The summed E-state index contributed by atoms with van der Waals surface area (Å²) < 4.78 is 41.2. The van der Waals surface area contributed by atoms with Crippen molar-refractivity contribution in [3.63, 3.8) is 0 Å². The van der Waals surface area contributed by atoms with Gasteiger partial charge in [-0.15, -0.1) is 24.0 Å². The molecule has 0 fully saturated rings. The molecule has 0 aliphatic carbocycles. The molecule has 0 amide bonds. The molecule has 2 heterocycles. The van der Waals surface area contributed by atoms with Gasteiger partial charge in [-0.2, -0.15) is 15.5 Å². The van der Waals surface area contributed by atoms with Gasteiger partial charge in [-0.25, -0.2) is 8.78 Å². The van der Waals surface area contributed by atoms with Gasteiger partial charge in [-0.1, -0.05) is 0 Å². The number of nitrogens with zero attached hydrogens (tertiary/aromatic N) is 5. The minimum atomic E-state index is -0.482. The van der Waals surface area contributed by atoms with Crippen LogP contribution < -0.4 is 15.2 Å². The summed E-state index contributed by atoms with van der Waals surface area (Å²) in [6.45, 7) is 1.10. The summed E-state index contributed by atoms with van der Waals surface area (Å²) >= 11 is 0. The summed E-state index contributed by atoms with van der Waals surface area (Å²) in [6.07, 6.45) is 3.39. The van der Waals surface area contributed by atoms with Crippen molar-refractivity contribution in [3.8, 4) is 29.1 Å². The standard InChI is InChI=1S/C16H16FN3O2.C16H12FN3O2.HI/c2*17-13-1-4-16(11(7-13)9-18)22-14-2-3-15-12(8-14)10-19-20(15)5-6-21;/h1-4,7-8,10,21H,5-6,9,18H2;1-4,7-8,10,21H,5-6H2;1H. The lowest BCUT2D eigenvalue weighted by molar-refractivity contribution is 0.271. The minimum absolute atomic E-state index is 0. The van der Waals surface area contributed by atoms with Crippen LogP contribution in [0.4, 0.5) is 8.78 Å². The molecule has 6 rings (SSSR count). The second-order valence-corrected chi connectivity index (χ2v) is 9.54. The number of benzene rings is 4. The first-order valence-electron chi connectivity index (χ1n) is 13.6. The summed E-state index contributed by atoms with van der Waals surface area (Å²) in [5.41, 5.74) is 8.15. The number of hydrogen-bond donors (Lipinski definition) is 3. The van der Waals surface area contributed by atoms with Crippen LogP contribution >= 0.6 is 24.0 Å². The van der Waals surface area contributed by atoms with Crippen molar-refractivity contribution in [2.45, 2.75) is 19.6 Å². The van der Waals surface area contributed by atoms with E-state index in [9.17, 15) is 8.78 Å². The normalized spacial score (nSPS) is 10.6. The van der Waals surface area contributed by atoms with Gasteiger partial charge in [0.2, 0.25) is 0 Å². The number of hydrogen-bond acceptors (Lipinski definition) is 8. The van der Waals surface area contributed by atoms with Gasteiger partial charge < -0.3 is 25.4 Å². The Morgan fingerprint density at radius 2 is 1.24 bits per heavy atom. The Balaban J connectivity index is 0.000000200. The number of aliphatic hydroxyl groups is 2. The lowest BCUT2D eigenvalue weighted by Gasteiger charge is -2.10. The van der Waals surface area contributed by atoms with E-state index in [4.69, 9.17) is 30.7 Å². The first-order chi connectivity index (χ1) is 21.4. The van der Waals surface area contributed by atoms with Crippen LogP contribution in [0.25, 0.3) is 21.8 Å². The molecule has 13 heteroatoms. The molecule has 4 N–H and O–H groups in total. The van der Waals surface area contributed by atoms with Crippen molar-refractivity contribution in [2.75, 3.05) is 13.2 Å². The Kier molecular flexibility index (Phi) is 11.4. The van der Waals surface area contributed by atoms with Crippen molar-refractivity contribution in [1.29, 1.82) is 5.26 Å². The molecule has 0 bridgehead atoms. The highest BCUT2D eigenvalue weighted by Gasteiger charge is 2.10. The lowest BCUT2D eigenvalue weighted by Crippen LogP contribution is -2.03. The minimum Gasteiger partial charge on any atom is -0.457 e. The first-order valence-corrected chi connectivity index (χ1v) is 13.6. The number of halogens is 3. The highest BCUT2D eigenvalue weighted by atomic mass is 127. The number of ether oxygens (including phenoxy) is 2. The van der Waals surface area contributed by atoms with Crippen LogP contribution in [-0.2, 0) is 19.6 Å². The van der Waals surface area contributed by atoms with Crippen LogP contribution in [0.3, 0.4) is 0 Å². The molecule has 0 saturated carbocycles. The fourth-order valence-corrected chi connectivity index (χ4v) is 4.54. The molecule has 0 spiro atoms. The van der Waals surface area contributed by atoms with E-state index >= 15 is 0 Å². The van der Waals surface area contributed by atoms with Crippen LogP contribution in [0, 0.1) is 23.0 Å². The third kappa shape index (κ3) is 7.91. The second-order valence-electron chi connectivity index (χ2n) is 9.54. The molecule has 0 aliphatic heterocycles. The maximum Gasteiger partial charge on any atom is 0.145 e. The molecule has 0 saturated heterocycles. The fraction of sp³-hybridized carbons (Fsp3) is 0.156. The Morgan fingerprint density at radius 3 is 1.76 bits per heavy atom. The van der Waals surface area contributed by atoms with E-state index in [1.165, 1.54) is 24.3 Å². The molecule has 6 aromatic rings. The highest BCUT2D eigenvalue weighted by Crippen LogP contribution is 2.30. The molecule has 45 heavy (non-hydrogen) atoms. The van der Waals surface area contributed by atoms with E-state index in [2.05, 4.69) is 10.2 Å². The van der Waals surface area contributed by atoms with Crippen LogP contribution in [0.15, 0.2) is 85.2 Å². The topological polar surface area (TPSA) is 144 Å². The fourth-order valence-electron chi connectivity index (χ4n) is 4.54. The van der Waals surface area contributed by atoms with E-state index in [-0.39, 0.29) is 55.1 Å². The van der Waals surface area contributed by atoms with Gasteiger partial charge in [-0.05, 0) is 72.8 Å². The predicted octanol–water partition coefficient (Wildman–Crippen LogP) is 5.87. The molecule has 10 nitrogen and oxygen atoms in total. The average Bonchev–Trinajstić information content (AvgIpc) is 3.62. The van der Waals surface area contributed by atoms with Gasteiger partial charge in [0.05, 0.1) is 55.3 Å². The number of aliphatic hydroxyl groups excluding tert-OH is 2. The SMILES string of the molecule is I.N#Cc1cc(F)ccc1Oc1ccc2c(cnn2CCO)c1.NCc1cc(F)ccc1Oc1ccc2c(cnn2CCO)c1. The summed E-state index contributed by atoms with van der Waals surface area (Å²) in [7, 11) is 0. The van der Waals surface area contributed by atoms with Gasteiger partial charge in [0.15, 0.2) is 0 Å². The molecular weight excluding hydrogens is 697 g/mol. The Bertz CT molecular complexity index is 1960. The third-order valence-electron chi connectivity index (χ3n) is 6.61. The average molecular weight is 727 g/mol. The maximum atomic E-state index is 13.2. The van der Waals surface area contributed by atoms with Gasteiger partial charge in [0.25, 0.3) is 0 Å². The zero-order valence-corrected chi connectivity index (χ0v) is 26.1. The number of aromatic nitrogens is 4. The number of fused-ring (bicyclic) bond motifs is 2. The predicted molar refractivity (Wildman–Crippen MR) is 175 cm³/mol.